The van der Waals surface area contributed by atoms with E-state index in [9.17, 15) is 18.0 Å². The number of rotatable bonds is 4. The third-order valence-corrected chi connectivity index (χ3v) is 5.60. The minimum atomic E-state index is -3.59. The summed E-state index contributed by atoms with van der Waals surface area (Å²) in [6.45, 7) is 0.0763. The fourth-order valence-electron chi connectivity index (χ4n) is 2.18. The highest BCUT2D eigenvalue weighted by atomic mass is 32.2. The van der Waals surface area contributed by atoms with E-state index in [-0.39, 0.29) is 23.7 Å². The number of aliphatic imine (C=N–C) groups is 1. The molecule has 0 aliphatic carbocycles. The first-order chi connectivity index (χ1) is 12.0. The van der Waals surface area contributed by atoms with Crippen LogP contribution in [0.5, 0.6) is 0 Å². The Morgan fingerprint density at radius 3 is 2.68 bits per heavy atom. The first-order valence-corrected chi connectivity index (χ1v) is 9.63. The molecule has 0 atom stereocenters. The van der Waals surface area contributed by atoms with Crippen LogP contribution in [0.1, 0.15) is 21.7 Å². The zero-order valence-corrected chi connectivity index (χ0v) is 14.5. The number of thiophene rings is 1. The molecule has 0 fully saturated rings. The molecule has 0 bridgehead atoms. The number of sulfonamides is 1. The number of carbonyl (C=O) groups excluding carboxylic acids is 2. The molecule has 1 aliphatic heterocycles. The molecule has 1 aromatic carbocycles. The van der Waals surface area contributed by atoms with Crippen molar-refractivity contribution in [3.63, 3.8) is 0 Å². The Hall–Kier alpha value is -2.72. The molecule has 1 aliphatic rings. The second kappa shape index (κ2) is 7.03. The number of carbonyl (C=O) groups is 2. The van der Waals surface area contributed by atoms with Crippen molar-refractivity contribution in [3.8, 4) is 0 Å². The normalized spacial score (nSPS) is 16.1. The Morgan fingerprint density at radius 2 is 1.92 bits per heavy atom. The Balaban J connectivity index is 1.54. The molecule has 10 heteroatoms. The maximum atomic E-state index is 11.9. The number of amides is 2. The third kappa shape index (κ3) is 3.86. The predicted molar refractivity (Wildman–Crippen MR) is 92.7 cm³/mol. The van der Waals surface area contributed by atoms with Gasteiger partial charge in [0.2, 0.25) is 5.91 Å². The number of benzene rings is 1. The third-order valence-electron chi connectivity index (χ3n) is 3.33. The minimum absolute atomic E-state index is 0.00187. The summed E-state index contributed by atoms with van der Waals surface area (Å²) in [5.41, 5.74) is 5.08. The number of nitrogens with one attached hydrogen (secondary N) is 3. The maximum absolute atomic E-state index is 11.9. The van der Waals surface area contributed by atoms with Crippen LogP contribution in [0, 0.1) is 0 Å². The molecule has 2 aromatic rings. The van der Waals surface area contributed by atoms with E-state index in [0.29, 0.717) is 10.4 Å². The molecule has 0 unspecified atom stereocenters. The Bertz CT molecular complexity index is 936. The molecule has 1 aromatic heterocycles. The van der Waals surface area contributed by atoms with Crippen LogP contribution in [0.2, 0.25) is 0 Å². The maximum Gasteiger partial charge on any atom is 0.279 e. The Morgan fingerprint density at radius 1 is 1.12 bits per heavy atom. The summed E-state index contributed by atoms with van der Waals surface area (Å²) < 4.78 is 26.2. The lowest BCUT2D eigenvalue weighted by molar-refractivity contribution is -0.121. The summed E-state index contributed by atoms with van der Waals surface area (Å²) in [7, 11) is -3.59. The Labute approximate surface area is 148 Å². The topological polar surface area (TPSA) is 117 Å². The van der Waals surface area contributed by atoms with E-state index in [2.05, 4.69) is 20.6 Å². The van der Waals surface area contributed by atoms with Crippen molar-refractivity contribution in [1.82, 2.24) is 15.6 Å². The van der Waals surface area contributed by atoms with Gasteiger partial charge in [-0.25, -0.2) is 8.42 Å². The van der Waals surface area contributed by atoms with Gasteiger partial charge in [0.25, 0.3) is 15.9 Å². The van der Waals surface area contributed by atoms with Crippen LogP contribution in [-0.2, 0) is 14.8 Å². The quantitative estimate of drug-likeness (QED) is 0.677. The van der Waals surface area contributed by atoms with E-state index in [0.717, 1.165) is 0 Å². The number of amidine groups is 1. The summed E-state index contributed by atoms with van der Waals surface area (Å²) in [4.78, 5) is 28.2. The second-order valence-electron chi connectivity index (χ2n) is 5.06. The molecule has 0 spiro atoms. The molecular formula is C15H14N4O4S2. The zero-order chi connectivity index (χ0) is 17.9. The van der Waals surface area contributed by atoms with Crippen LogP contribution in [0.3, 0.4) is 0 Å². The van der Waals surface area contributed by atoms with Gasteiger partial charge in [0.05, 0.1) is 16.3 Å². The van der Waals surface area contributed by atoms with Gasteiger partial charge in [0.15, 0.2) is 0 Å². The molecule has 3 N–H and O–H groups in total. The first-order valence-electron chi connectivity index (χ1n) is 7.27. The lowest BCUT2D eigenvalue weighted by Crippen LogP contribution is -2.41. The van der Waals surface area contributed by atoms with Crippen LogP contribution in [0.15, 0.2) is 51.7 Å². The molecule has 2 amide bonds. The molecule has 0 saturated heterocycles. The van der Waals surface area contributed by atoms with E-state index in [4.69, 9.17) is 0 Å². The minimum Gasteiger partial charge on any atom is -0.273 e. The molecule has 3 rings (SSSR count). The summed E-state index contributed by atoms with van der Waals surface area (Å²) in [5, 5.41) is 1.76. The van der Waals surface area contributed by atoms with Gasteiger partial charge in [-0.05, 0) is 23.6 Å². The summed E-state index contributed by atoms with van der Waals surface area (Å²) in [5.74, 6) is -0.610. The molecule has 2 heterocycles. The van der Waals surface area contributed by atoms with Crippen LogP contribution >= 0.6 is 11.3 Å². The monoisotopic (exact) mass is 378 g/mol. The molecule has 130 valence electrons. The predicted octanol–water partition coefficient (Wildman–Crippen LogP) is 0.638. The van der Waals surface area contributed by atoms with Crippen LogP contribution < -0.4 is 15.6 Å². The largest absolute Gasteiger partial charge is 0.279 e. The SMILES string of the molecule is O=C(CCN=C1NS(=O)(=O)c2ccccc21)NNC(=O)c1cccs1. The fraction of sp³-hybridized carbons (Fsp3) is 0.133. The molecular weight excluding hydrogens is 364 g/mol. The highest BCUT2D eigenvalue weighted by molar-refractivity contribution is 7.90. The molecule has 8 nitrogen and oxygen atoms in total. The average molecular weight is 378 g/mol. The van der Waals surface area contributed by atoms with Gasteiger partial charge < -0.3 is 0 Å². The number of hydrogen-bond acceptors (Lipinski definition) is 6. The van der Waals surface area contributed by atoms with Crippen molar-refractivity contribution in [2.45, 2.75) is 11.3 Å². The molecule has 0 radical (unpaired) electrons. The van der Waals surface area contributed by atoms with Crippen molar-refractivity contribution >= 4 is 39.0 Å². The number of nitrogens with zero attached hydrogens (tertiary/aromatic N) is 1. The van der Waals surface area contributed by atoms with Gasteiger partial charge >= 0.3 is 0 Å². The Kier molecular flexibility index (Phi) is 4.81. The highest BCUT2D eigenvalue weighted by Gasteiger charge is 2.29. The lowest BCUT2D eigenvalue weighted by atomic mass is 10.2. The molecule has 25 heavy (non-hydrogen) atoms. The van der Waals surface area contributed by atoms with E-state index < -0.39 is 21.8 Å². The summed E-state index contributed by atoms with van der Waals surface area (Å²) in [6.07, 6.45) is -0.00187. The van der Waals surface area contributed by atoms with E-state index in [1.54, 1.807) is 35.7 Å². The van der Waals surface area contributed by atoms with Gasteiger partial charge in [0, 0.05) is 12.0 Å². The van der Waals surface area contributed by atoms with E-state index >= 15 is 0 Å². The lowest BCUT2D eigenvalue weighted by Gasteiger charge is -2.05. The van der Waals surface area contributed by atoms with Crippen LogP contribution in [0.4, 0.5) is 0 Å². The smallest absolute Gasteiger partial charge is 0.273 e. The van der Waals surface area contributed by atoms with Crippen molar-refractivity contribution in [2.75, 3.05) is 6.54 Å². The van der Waals surface area contributed by atoms with Crippen molar-refractivity contribution < 1.29 is 18.0 Å². The number of fused-ring (bicyclic) bond motifs is 1. The molecule has 0 saturated carbocycles. The zero-order valence-electron chi connectivity index (χ0n) is 12.9. The number of hydrazine groups is 1. The average Bonchev–Trinajstić information content (AvgIpc) is 3.21. The van der Waals surface area contributed by atoms with Gasteiger partial charge in [-0.15, -0.1) is 11.3 Å². The first kappa shape index (κ1) is 17.1. The van der Waals surface area contributed by atoms with Gasteiger partial charge in [0.1, 0.15) is 5.84 Å². The van der Waals surface area contributed by atoms with Crippen LogP contribution in [0.25, 0.3) is 0 Å². The van der Waals surface area contributed by atoms with Crippen molar-refractivity contribution in [3.05, 3.63) is 52.2 Å². The van der Waals surface area contributed by atoms with Gasteiger partial charge in [-0.2, -0.15) is 0 Å². The second-order valence-corrected chi connectivity index (χ2v) is 7.66. The van der Waals surface area contributed by atoms with E-state index in [1.807, 2.05) is 0 Å². The summed E-state index contributed by atoms with van der Waals surface area (Å²) >= 11 is 1.26. The highest BCUT2D eigenvalue weighted by Crippen LogP contribution is 2.22. The van der Waals surface area contributed by atoms with Gasteiger partial charge in [-0.3, -0.25) is 30.2 Å². The van der Waals surface area contributed by atoms with Gasteiger partial charge in [-0.1, -0.05) is 18.2 Å². The van der Waals surface area contributed by atoms with Crippen LogP contribution in [-0.4, -0.2) is 32.6 Å². The van der Waals surface area contributed by atoms with E-state index in [1.165, 1.54) is 17.4 Å². The fourth-order valence-corrected chi connectivity index (χ4v) is 4.05. The standard InChI is InChI=1S/C15H14N4O4S2/c20-13(17-18-15(21)11-5-3-9-24-11)7-8-16-14-10-4-1-2-6-12(10)25(22,23)19-14/h1-6,9H,7-8H2,(H,16,19)(H,17,20)(H,18,21). The van der Waals surface area contributed by atoms with Crippen molar-refractivity contribution in [2.24, 2.45) is 4.99 Å². The number of hydrogen-bond donors (Lipinski definition) is 3. The van der Waals surface area contributed by atoms with Crippen molar-refractivity contribution in [1.29, 1.82) is 0 Å². The summed E-state index contributed by atoms with van der Waals surface area (Å²) in [6, 6.07) is 9.86.